The summed E-state index contributed by atoms with van der Waals surface area (Å²) in [4.78, 5) is 7.34. The maximum atomic E-state index is 5.86. The van der Waals surface area contributed by atoms with E-state index in [1.807, 2.05) is 6.20 Å². The molecule has 0 bridgehead atoms. The molecule has 0 N–H and O–H groups in total. The van der Waals surface area contributed by atoms with Crippen LogP contribution in [0.4, 0.5) is 0 Å². The minimum atomic E-state index is 0.997. The van der Waals surface area contributed by atoms with Crippen LogP contribution in [-0.2, 0) is 12.8 Å². The topological polar surface area (TPSA) is 25.4 Å². The van der Waals surface area contributed by atoms with Gasteiger partial charge in [0.1, 0.15) is 5.75 Å². The van der Waals surface area contributed by atoms with Gasteiger partial charge in [0.05, 0.1) is 12.8 Å². The Morgan fingerprint density at radius 1 is 0.923 bits per heavy atom. The normalized spacial score (nSPS) is 17.5. The molecule has 0 unspecified atom stereocenters. The van der Waals surface area contributed by atoms with Crippen LogP contribution in [0.25, 0.3) is 5.57 Å². The minimum absolute atomic E-state index is 0.997. The Kier molecular flexibility index (Phi) is 4.58. The first-order chi connectivity index (χ1) is 12.6. The van der Waals surface area contributed by atoms with Gasteiger partial charge in [-0.3, -0.25) is 4.98 Å². The van der Waals surface area contributed by atoms with Crippen LogP contribution < -0.4 is 4.74 Å². The number of likely N-dealkylation sites (tertiary alicyclic amines) is 1. The van der Waals surface area contributed by atoms with Gasteiger partial charge in [0.2, 0.25) is 0 Å². The van der Waals surface area contributed by atoms with E-state index in [0.29, 0.717) is 0 Å². The van der Waals surface area contributed by atoms with Crippen LogP contribution >= 0.6 is 0 Å². The van der Waals surface area contributed by atoms with Gasteiger partial charge in [-0.25, -0.2) is 0 Å². The summed E-state index contributed by atoms with van der Waals surface area (Å²) >= 11 is 0. The van der Waals surface area contributed by atoms with Crippen molar-refractivity contribution < 1.29 is 4.74 Å². The first-order valence-corrected chi connectivity index (χ1v) is 9.61. The van der Waals surface area contributed by atoms with Gasteiger partial charge in [-0.2, -0.15) is 0 Å². The molecule has 4 rings (SSSR count). The van der Waals surface area contributed by atoms with Crippen molar-refractivity contribution in [3.8, 4) is 5.75 Å². The number of piperidine rings is 1. The average molecular weight is 348 g/mol. The van der Waals surface area contributed by atoms with E-state index in [4.69, 9.17) is 9.72 Å². The van der Waals surface area contributed by atoms with Crippen molar-refractivity contribution in [3.63, 3.8) is 0 Å². The number of benzene rings is 1. The first-order valence-electron chi connectivity index (χ1n) is 9.61. The summed E-state index contributed by atoms with van der Waals surface area (Å²) in [6, 6.07) is 6.84. The lowest BCUT2D eigenvalue weighted by Gasteiger charge is -2.27. The summed E-state index contributed by atoms with van der Waals surface area (Å²) in [6.07, 6.45) is 6.32. The highest BCUT2D eigenvalue weighted by molar-refractivity contribution is 5.87. The molecule has 1 fully saturated rings. The molecule has 2 aromatic rings. The molecule has 26 heavy (non-hydrogen) atoms. The summed E-state index contributed by atoms with van der Waals surface area (Å²) in [5.41, 5.74) is 10.6. The molecular weight excluding hydrogens is 320 g/mol. The van der Waals surface area contributed by atoms with E-state index in [9.17, 15) is 0 Å². The molecule has 1 aromatic heterocycles. The molecule has 1 saturated heterocycles. The van der Waals surface area contributed by atoms with Crippen molar-refractivity contribution in [1.82, 2.24) is 9.88 Å². The lowest BCUT2D eigenvalue weighted by Crippen LogP contribution is -2.27. The van der Waals surface area contributed by atoms with Crippen LogP contribution in [0.5, 0.6) is 5.75 Å². The molecule has 136 valence electrons. The minimum Gasteiger partial charge on any atom is -0.496 e. The maximum absolute atomic E-state index is 5.86. The molecule has 0 saturated carbocycles. The number of pyridine rings is 1. The monoisotopic (exact) mass is 348 g/mol. The van der Waals surface area contributed by atoms with Crippen molar-refractivity contribution in [2.45, 2.75) is 39.5 Å². The van der Waals surface area contributed by atoms with Crippen LogP contribution in [0.15, 0.2) is 30.0 Å². The number of rotatable bonds is 1. The highest BCUT2D eigenvalue weighted by atomic mass is 16.5. The summed E-state index contributed by atoms with van der Waals surface area (Å²) in [5, 5.41) is 0. The third-order valence-corrected chi connectivity index (χ3v) is 5.75. The van der Waals surface area contributed by atoms with Gasteiger partial charge in [0, 0.05) is 30.4 Å². The van der Waals surface area contributed by atoms with Crippen LogP contribution in [0.1, 0.15) is 46.4 Å². The lowest BCUT2D eigenvalue weighted by molar-refractivity contribution is 0.313. The Bertz CT molecular complexity index is 872. The fraction of sp³-hybridized carbons (Fsp3) is 0.435. The van der Waals surface area contributed by atoms with E-state index < -0.39 is 0 Å². The van der Waals surface area contributed by atoms with Crippen molar-refractivity contribution in [3.05, 3.63) is 63.5 Å². The highest BCUT2D eigenvalue weighted by Gasteiger charge is 2.27. The lowest BCUT2D eigenvalue weighted by atomic mass is 9.87. The Morgan fingerprint density at radius 3 is 2.35 bits per heavy atom. The second-order valence-electron chi connectivity index (χ2n) is 7.80. The van der Waals surface area contributed by atoms with Crippen LogP contribution in [0.3, 0.4) is 0 Å². The molecule has 1 aliphatic carbocycles. The van der Waals surface area contributed by atoms with Crippen molar-refractivity contribution in [1.29, 1.82) is 0 Å². The smallest absolute Gasteiger partial charge is 0.127 e. The summed E-state index contributed by atoms with van der Waals surface area (Å²) in [5.74, 6) is 0.997. The van der Waals surface area contributed by atoms with E-state index in [1.165, 1.54) is 44.7 Å². The van der Waals surface area contributed by atoms with Gasteiger partial charge in [0.15, 0.2) is 0 Å². The van der Waals surface area contributed by atoms with E-state index in [1.54, 1.807) is 7.11 Å². The van der Waals surface area contributed by atoms with Gasteiger partial charge < -0.3 is 9.64 Å². The molecule has 3 nitrogen and oxygen atoms in total. The molecule has 0 radical (unpaired) electrons. The number of ether oxygens (including phenoxy) is 1. The molecule has 1 aromatic carbocycles. The molecule has 2 heterocycles. The Balaban J connectivity index is 2.00. The summed E-state index contributed by atoms with van der Waals surface area (Å²) in [6.45, 7) is 6.52. The van der Waals surface area contributed by atoms with Crippen LogP contribution in [-0.4, -0.2) is 37.1 Å². The van der Waals surface area contributed by atoms with E-state index in [2.05, 4.69) is 44.0 Å². The third kappa shape index (κ3) is 3.05. The second-order valence-corrected chi connectivity index (χ2v) is 7.80. The zero-order valence-corrected chi connectivity index (χ0v) is 16.4. The van der Waals surface area contributed by atoms with Gasteiger partial charge >= 0.3 is 0 Å². The number of hydrogen-bond acceptors (Lipinski definition) is 3. The number of aryl methyl sites for hydroxylation is 4. The van der Waals surface area contributed by atoms with Crippen LogP contribution in [0.2, 0.25) is 0 Å². The van der Waals surface area contributed by atoms with Gasteiger partial charge in [-0.1, -0.05) is 17.7 Å². The molecule has 3 heteroatoms. The fourth-order valence-corrected chi connectivity index (χ4v) is 4.38. The van der Waals surface area contributed by atoms with Crippen LogP contribution in [0, 0.1) is 13.8 Å². The number of aromatic nitrogens is 1. The molecule has 1 aliphatic heterocycles. The van der Waals surface area contributed by atoms with Crippen molar-refractivity contribution in [2.75, 3.05) is 27.2 Å². The molecular formula is C23H28N2O. The Morgan fingerprint density at radius 2 is 1.62 bits per heavy atom. The predicted octanol–water partition coefficient (Wildman–Crippen LogP) is 4.33. The first kappa shape index (κ1) is 17.3. The number of hydrogen-bond donors (Lipinski definition) is 0. The molecule has 0 atom stereocenters. The quantitative estimate of drug-likeness (QED) is 0.767. The van der Waals surface area contributed by atoms with Crippen molar-refractivity contribution >= 4 is 5.57 Å². The van der Waals surface area contributed by atoms with Gasteiger partial charge in [-0.15, -0.1) is 0 Å². The number of nitrogens with zero attached hydrogens (tertiary/aromatic N) is 2. The van der Waals surface area contributed by atoms with E-state index in [-0.39, 0.29) is 0 Å². The predicted molar refractivity (Wildman–Crippen MR) is 107 cm³/mol. The zero-order valence-electron chi connectivity index (χ0n) is 16.4. The standard InChI is InChI=1S/C23H28N2O/c1-15-11-18-5-6-19-12-16(2)14-24-23(19)22(21(18)20(13-15)26-4)17-7-9-25(3)10-8-17/h11-14H,5-10H2,1-4H3. The van der Waals surface area contributed by atoms with Gasteiger partial charge in [-0.05, 0) is 74.9 Å². The molecule has 2 aliphatic rings. The van der Waals surface area contributed by atoms with Gasteiger partial charge in [0.25, 0.3) is 0 Å². The highest BCUT2D eigenvalue weighted by Crippen LogP contribution is 2.42. The van der Waals surface area contributed by atoms with E-state index >= 15 is 0 Å². The van der Waals surface area contributed by atoms with Crippen molar-refractivity contribution in [2.24, 2.45) is 0 Å². The summed E-state index contributed by atoms with van der Waals surface area (Å²) in [7, 11) is 4.00. The number of fused-ring (bicyclic) bond motifs is 2. The second kappa shape index (κ2) is 6.88. The maximum Gasteiger partial charge on any atom is 0.127 e. The Labute approximate surface area is 156 Å². The van der Waals surface area contributed by atoms with E-state index in [0.717, 1.165) is 44.5 Å². The molecule has 0 spiro atoms. The average Bonchev–Trinajstić information content (AvgIpc) is 2.78. The third-order valence-electron chi connectivity index (χ3n) is 5.75. The summed E-state index contributed by atoms with van der Waals surface area (Å²) < 4.78 is 5.86. The Hall–Kier alpha value is -2.13. The zero-order chi connectivity index (χ0) is 18.3. The largest absolute Gasteiger partial charge is 0.496 e. The fourth-order valence-electron chi connectivity index (χ4n) is 4.38. The molecule has 0 amide bonds. The number of methoxy groups -OCH3 is 1. The SMILES string of the molecule is COc1cc(C)cc2c1C(=C1CCN(C)CC1)c1ncc(C)cc1CC2.